The van der Waals surface area contributed by atoms with E-state index in [0.29, 0.717) is 17.9 Å². The highest BCUT2D eigenvalue weighted by Crippen LogP contribution is 2.29. The van der Waals surface area contributed by atoms with Gasteiger partial charge < -0.3 is 10.2 Å². The summed E-state index contributed by atoms with van der Waals surface area (Å²) in [6.45, 7) is 3.27. The van der Waals surface area contributed by atoms with Crippen molar-refractivity contribution in [2.45, 2.75) is 32.2 Å². The van der Waals surface area contributed by atoms with Crippen molar-refractivity contribution in [2.24, 2.45) is 5.92 Å². The first kappa shape index (κ1) is 13.1. The zero-order chi connectivity index (χ0) is 14.1. The zero-order valence-corrected chi connectivity index (χ0v) is 11.6. The molecule has 3 rings (SSSR count). The van der Waals surface area contributed by atoms with Gasteiger partial charge >= 0.3 is 0 Å². The number of pyridine rings is 1. The van der Waals surface area contributed by atoms with Crippen molar-refractivity contribution in [2.75, 3.05) is 18.0 Å². The molecule has 5 nitrogen and oxygen atoms in total. The predicted molar refractivity (Wildman–Crippen MR) is 75.7 cm³/mol. The third-order valence-corrected chi connectivity index (χ3v) is 4.29. The van der Waals surface area contributed by atoms with Crippen LogP contribution < -0.4 is 10.2 Å². The van der Waals surface area contributed by atoms with E-state index in [2.05, 4.69) is 15.2 Å². The van der Waals surface area contributed by atoms with Crippen molar-refractivity contribution in [3.8, 4) is 0 Å². The normalized spacial score (nSPS) is 25.9. The topological polar surface area (TPSA) is 62.3 Å². The summed E-state index contributed by atoms with van der Waals surface area (Å²) in [5.74, 6) is 1.47. The van der Waals surface area contributed by atoms with Crippen molar-refractivity contribution in [3.05, 3.63) is 23.9 Å². The van der Waals surface area contributed by atoms with E-state index in [1.54, 1.807) is 19.2 Å². The average molecular weight is 273 g/mol. The Labute approximate surface area is 118 Å². The highest BCUT2D eigenvalue weighted by molar-refractivity contribution is 5.98. The van der Waals surface area contributed by atoms with Gasteiger partial charge in [0.2, 0.25) is 5.91 Å². The molecule has 0 spiro atoms. The molecule has 1 aromatic rings. The fourth-order valence-electron chi connectivity index (χ4n) is 3.23. The molecule has 2 atom stereocenters. The van der Waals surface area contributed by atoms with Crippen LogP contribution in [0.15, 0.2) is 18.3 Å². The number of anilines is 1. The minimum Gasteiger partial charge on any atom is -0.356 e. The Morgan fingerprint density at radius 1 is 1.45 bits per heavy atom. The number of carbonyl (C=O) groups excluding carboxylic acids is 2. The second-order valence-corrected chi connectivity index (χ2v) is 5.64. The van der Waals surface area contributed by atoms with Crippen LogP contribution in [0.4, 0.5) is 5.82 Å². The minimum atomic E-state index is 0.0483. The van der Waals surface area contributed by atoms with E-state index in [1.165, 1.54) is 0 Å². The Hall–Kier alpha value is -1.91. The number of piperidine rings is 2. The summed E-state index contributed by atoms with van der Waals surface area (Å²) in [5.41, 5.74) is 0.686. The number of Topliss-reactive ketones (excluding diaryl/α,β-unsaturated/α-hetero) is 1. The molecule has 106 valence electrons. The Kier molecular flexibility index (Phi) is 3.42. The largest absolute Gasteiger partial charge is 0.356 e. The first-order chi connectivity index (χ1) is 9.65. The summed E-state index contributed by atoms with van der Waals surface area (Å²) in [6.07, 6.45) is 4.19. The maximum Gasteiger partial charge on any atom is 0.220 e. The Morgan fingerprint density at radius 3 is 3.10 bits per heavy atom. The molecule has 1 aromatic heterocycles. The number of aromatic nitrogens is 1. The van der Waals surface area contributed by atoms with Crippen LogP contribution >= 0.6 is 0 Å². The molecule has 0 bridgehead atoms. The van der Waals surface area contributed by atoms with Gasteiger partial charge in [-0.25, -0.2) is 4.98 Å². The number of ketones is 1. The van der Waals surface area contributed by atoms with E-state index in [9.17, 15) is 9.59 Å². The molecule has 1 amide bonds. The second-order valence-electron chi connectivity index (χ2n) is 5.64. The van der Waals surface area contributed by atoms with Crippen molar-refractivity contribution in [1.29, 1.82) is 0 Å². The van der Waals surface area contributed by atoms with Crippen LogP contribution in [0, 0.1) is 5.92 Å². The molecule has 1 N–H and O–H groups in total. The van der Waals surface area contributed by atoms with Crippen molar-refractivity contribution in [3.63, 3.8) is 0 Å². The molecule has 0 saturated carbocycles. The standard InChI is InChI=1S/C15H19N3O2/c1-10(19)12-3-2-7-16-15(12)18-8-6-13-11(9-18)4-5-14(20)17-13/h2-3,7,11,13H,4-6,8-9H2,1H3,(H,17,20). The molecule has 0 aromatic carbocycles. The second kappa shape index (κ2) is 5.23. The van der Waals surface area contributed by atoms with E-state index in [1.807, 2.05) is 6.07 Å². The SMILES string of the molecule is CC(=O)c1cccnc1N1CCC2NC(=O)CCC2C1. The third kappa shape index (κ3) is 2.40. The van der Waals surface area contributed by atoms with Gasteiger partial charge in [0.25, 0.3) is 0 Å². The lowest BCUT2D eigenvalue weighted by Crippen LogP contribution is -2.54. The summed E-state index contributed by atoms with van der Waals surface area (Å²) >= 11 is 0. The van der Waals surface area contributed by atoms with Crippen LogP contribution in [0.3, 0.4) is 0 Å². The summed E-state index contributed by atoms with van der Waals surface area (Å²) in [5, 5.41) is 3.07. The number of hydrogen-bond donors (Lipinski definition) is 1. The summed E-state index contributed by atoms with van der Waals surface area (Å²) < 4.78 is 0. The Balaban J connectivity index is 1.80. The van der Waals surface area contributed by atoms with Gasteiger partial charge in [0, 0.05) is 31.7 Å². The lowest BCUT2D eigenvalue weighted by atomic mass is 9.85. The first-order valence-corrected chi connectivity index (χ1v) is 7.15. The molecule has 20 heavy (non-hydrogen) atoms. The van der Waals surface area contributed by atoms with Crippen molar-refractivity contribution in [1.82, 2.24) is 10.3 Å². The van der Waals surface area contributed by atoms with E-state index in [-0.39, 0.29) is 17.7 Å². The molecule has 2 fully saturated rings. The third-order valence-electron chi connectivity index (χ3n) is 4.29. The molecule has 2 unspecified atom stereocenters. The number of nitrogens with zero attached hydrogens (tertiary/aromatic N) is 2. The summed E-state index contributed by atoms with van der Waals surface area (Å²) in [4.78, 5) is 29.7. The van der Waals surface area contributed by atoms with Gasteiger partial charge in [-0.05, 0) is 37.8 Å². The van der Waals surface area contributed by atoms with Crippen LogP contribution in [0.25, 0.3) is 0 Å². The smallest absolute Gasteiger partial charge is 0.220 e. The highest BCUT2D eigenvalue weighted by atomic mass is 16.1. The molecule has 0 radical (unpaired) electrons. The molecule has 2 aliphatic rings. The number of nitrogens with one attached hydrogen (secondary N) is 1. The maximum absolute atomic E-state index is 11.7. The maximum atomic E-state index is 11.7. The van der Waals surface area contributed by atoms with Gasteiger partial charge in [-0.3, -0.25) is 9.59 Å². The molecule has 5 heteroatoms. The number of hydrogen-bond acceptors (Lipinski definition) is 4. The van der Waals surface area contributed by atoms with Gasteiger partial charge in [0.15, 0.2) is 5.78 Å². The number of rotatable bonds is 2. The summed E-state index contributed by atoms with van der Waals surface area (Å²) in [6, 6.07) is 3.92. The van der Waals surface area contributed by atoms with Gasteiger partial charge in [0.05, 0.1) is 5.56 Å². The van der Waals surface area contributed by atoms with Crippen molar-refractivity contribution < 1.29 is 9.59 Å². The van der Waals surface area contributed by atoms with Crippen LogP contribution in [0.1, 0.15) is 36.5 Å². The fraction of sp³-hybridized carbons (Fsp3) is 0.533. The molecule has 2 aliphatic heterocycles. The van der Waals surface area contributed by atoms with E-state index in [0.717, 1.165) is 31.7 Å². The first-order valence-electron chi connectivity index (χ1n) is 7.15. The molecule has 3 heterocycles. The van der Waals surface area contributed by atoms with Crippen molar-refractivity contribution >= 4 is 17.5 Å². The summed E-state index contributed by atoms with van der Waals surface area (Å²) in [7, 11) is 0. The number of carbonyl (C=O) groups is 2. The molecule has 2 saturated heterocycles. The monoisotopic (exact) mass is 273 g/mol. The Bertz CT molecular complexity index is 544. The number of amides is 1. The van der Waals surface area contributed by atoms with Crippen LogP contribution in [0.5, 0.6) is 0 Å². The highest BCUT2D eigenvalue weighted by Gasteiger charge is 2.34. The molecular weight excluding hydrogens is 254 g/mol. The zero-order valence-electron chi connectivity index (χ0n) is 11.6. The van der Waals surface area contributed by atoms with Gasteiger partial charge in [-0.2, -0.15) is 0 Å². The fourth-order valence-corrected chi connectivity index (χ4v) is 3.23. The van der Waals surface area contributed by atoms with Gasteiger partial charge in [-0.1, -0.05) is 0 Å². The Morgan fingerprint density at radius 2 is 2.30 bits per heavy atom. The predicted octanol–water partition coefficient (Wildman–Crippen LogP) is 1.39. The quantitative estimate of drug-likeness (QED) is 0.827. The molecule has 0 aliphatic carbocycles. The number of fused-ring (bicyclic) bond motifs is 1. The average Bonchev–Trinajstić information content (AvgIpc) is 2.46. The molecular formula is C15H19N3O2. The van der Waals surface area contributed by atoms with Gasteiger partial charge in [-0.15, -0.1) is 0 Å². The van der Waals surface area contributed by atoms with Crippen LogP contribution in [-0.4, -0.2) is 35.8 Å². The lowest BCUT2D eigenvalue weighted by Gasteiger charge is -2.42. The van der Waals surface area contributed by atoms with Gasteiger partial charge in [0.1, 0.15) is 5.82 Å². The minimum absolute atomic E-state index is 0.0483. The van der Waals surface area contributed by atoms with Crippen LogP contribution in [0.2, 0.25) is 0 Å². The van der Waals surface area contributed by atoms with E-state index in [4.69, 9.17) is 0 Å². The lowest BCUT2D eigenvalue weighted by molar-refractivity contribution is -0.124. The van der Waals surface area contributed by atoms with E-state index < -0.39 is 0 Å². The van der Waals surface area contributed by atoms with E-state index >= 15 is 0 Å². The van der Waals surface area contributed by atoms with Crippen LogP contribution in [-0.2, 0) is 4.79 Å².